The Hall–Kier alpha value is -1.97. The number of hydrogen-bond acceptors (Lipinski definition) is 2. The quantitative estimate of drug-likeness (QED) is 0.592. The highest BCUT2D eigenvalue weighted by molar-refractivity contribution is 5.70. The number of rotatable bonds is 1. The van der Waals surface area contributed by atoms with Crippen LogP contribution in [0, 0.1) is 18.8 Å². The van der Waals surface area contributed by atoms with Gasteiger partial charge in [-0.15, -0.1) is 0 Å². The molecule has 2 N–H and O–H groups in total. The van der Waals surface area contributed by atoms with Crippen LogP contribution in [0.4, 0.5) is 14.5 Å². The van der Waals surface area contributed by atoms with E-state index in [2.05, 4.69) is 4.98 Å². The maximum absolute atomic E-state index is 13.0. The molecule has 16 heavy (non-hydrogen) atoms. The number of aryl methyl sites for hydroxylation is 1. The van der Waals surface area contributed by atoms with Crippen molar-refractivity contribution in [3.63, 3.8) is 0 Å². The molecule has 0 bridgehead atoms. The van der Waals surface area contributed by atoms with E-state index in [1.807, 2.05) is 6.92 Å². The molecular formula is C12H10F2N2. The van der Waals surface area contributed by atoms with E-state index < -0.39 is 11.9 Å². The molecule has 2 rings (SSSR count). The number of benzene rings is 1. The van der Waals surface area contributed by atoms with Gasteiger partial charge in [0.25, 0.3) is 0 Å². The topological polar surface area (TPSA) is 38.9 Å². The van der Waals surface area contributed by atoms with Gasteiger partial charge in [0.1, 0.15) is 0 Å². The van der Waals surface area contributed by atoms with Crippen molar-refractivity contribution in [1.29, 1.82) is 0 Å². The molecule has 82 valence electrons. The average molecular weight is 220 g/mol. The van der Waals surface area contributed by atoms with E-state index in [0.717, 1.165) is 5.56 Å². The fourth-order valence-electron chi connectivity index (χ4n) is 1.57. The summed E-state index contributed by atoms with van der Waals surface area (Å²) in [7, 11) is 0. The minimum absolute atomic E-state index is 0.440. The molecule has 0 fully saturated rings. The molecule has 0 unspecified atom stereocenters. The van der Waals surface area contributed by atoms with Gasteiger partial charge >= 0.3 is 0 Å². The first-order valence-electron chi connectivity index (χ1n) is 4.76. The van der Waals surface area contributed by atoms with Crippen molar-refractivity contribution in [2.24, 2.45) is 0 Å². The Morgan fingerprint density at radius 3 is 2.31 bits per heavy atom. The lowest BCUT2D eigenvalue weighted by molar-refractivity contribution is 0.513. The molecule has 1 aromatic heterocycles. The zero-order valence-corrected chi connectivity index (χ0v) is 8.67. The largest absolute Gasteiger partial charge is 0.399 e. The number of pyridine rings is 1. The SMILES string of the molecule is Cc1ccc(N)cc1-c1cc(F)nc(F)c1. The van der Waals surface area contributed by atoms with Crippen LogP contribution in [0.3, 0.4) is 0 Å². The van der Waals surface area contributed by atoms with Gasteiger partial charge in [0.2, 0.25) is 11.9 Å². The number of halogens is 2. The molecular weight excluding hydrogens is 210 g/mol. The van der Waals surface area contributed by atoms with Gasteiger partial charge in [0, 0.05) is 17.8 Å². The van der Waals surface area contributed by atoms with Gasteiger partial charge in [-0.05, 0) is 35.7 Å². The van der Waals surface area contributed by atoms with Crippen LogP contribution in [-0.4, -0.2) is 4.98 Å². The zero-order chi connectivity index (χ0) is 11.7. The van der Waals surface area contributed by atoms with E-state index in [0.29, 0.717) is 16.8 Å². The van der Waals surface area contributed by atoms with Crippen molar-refractivity contribution >= 4 is 5.69 Å². The number of aromatic nitrogens is 1. The molecule has 0 amide bonds. The number of hydrogen-bond donors (Lipinski definition) is 1. The van der Waals surface area contributed by atoms with Crippen LogP contribution in [0.2, 0.25) is 0 Å². The van der Waals surface area contributed by atoms with Crippen LogP contribution < -0.4 is 5.73 Å². The van der Waals surface area contributed by atoms with Crippen molar-refractivity contribution in [3.05, 3.63) is 47.8 Å². The maximum atomic E-state index is 13.0. The van der Waals surface area contributed by atoms with Gasteiger partial charge in [-0.25, -0.2) is 0 Å². The van der Waals surface area contributed by atoms with Crippen molar-refractivity contribution in [1.82, 2.24) is 4.98 Å². The molecule has 0 spiro atoms. The summed E-state index contributed by atoms with van der Waals surface area (Å²) >= 11 is 0. The highest BCUT2D eigenvalue weighted by Crippen LogP contribution is 2.26. The lowest BCUT2D eigenvalue weighted by Crippen LogP contribution is -1.93. The summed E-state index contributed by atoms with van der Waals surface area (Å²) in [5.41, 5.74) is 8.24. The number of nitrogens with two attached hydrogens (primary N) is 1. The summed E-state index contributed by atoms with van der Waals surface area (Å²) < 4.78 is 25.9. The molecule has 2 aromatic rings. The van der Waals surface area contributed by atoms with E-state index in [4.69, 9.17) is 5.73 Å². The van der Waals surface area contributed by atoms with Gasteiger partial charge in [-0.3, -0.25) is 0 Å². The highest BCUT2D eigenvalue weighted by atomic mass is 19.1. The summed E-state index contributed by atoms with van der Waals surface area (Å²) in [6.07, 6.45) is 0. The molecule has 4 heteroatoms. The smallest absolute Gasteiger partial charge is 0.216 e. The van der Waals surface area contributed by atoms with E-state index in [1.165, 1.54) is 12.1 Å². The highest BCUT2D eigenvalue weighted by Gasteiger charge is 2.07. The third-order valence-corrected chi connectivity index (χ3v) is 2.34. The number of nitrogens with zero attached hydrogens (tertiary/aromatic N) is 1. The molecule has 2 nitrogen and oxygen atoms in total. The second-order valence-corrected chi connectivity index (χ2v) is 3.58. The van der Waals surface area contributed by atoms with Crippen molar-refractivity contribution in [2.75, 3.05) is 5.73 Å². The third kappa shape index (κ3) is 2.00. The molecule has 0 saturated heterocycles. The van der Waals surface area contributed by atoms with Gasteiger partial charge < -0.3 is 5.73 Å². The first kappa shape index (κ1) is 10.5. The van der Waals surface area contributed by atoms with E-state index in [1.54, 1.807) is 18.2 Å². The third-order valence-electron chi connectivity index (χ3n) is 2.34. The number of anilines is 1. The molecule has 0 aliphatic rings. The molecule has 0 aliphatic heterocycles. The van der Waals surface area contributed by atoms with Crippen LogP contribution in [0.5, 0.6) is 0 Å². The maximum Gasteiger partial charge on any atom is 0.216 e. The first-order chi connectivity index (χ1) is 7.56. The minimum atomic E-state index is -0.836. The van der Waals surface area contributed by atoms with Crippen molar-refractivity contribution in [3.8, 4) is 11.1 Å². The predicted octanol–water partition coefficient (Wildman–Crippen LogP) is 2.92. The van der Waals surface area contributed by atoms with Crippen molar-refractivity contribution < 1.29 is 8.78 Å². The van der Waals surface area contributed by atoms with E-state index >= 15 is 0 Å². The standard InChI is InChI=1S/C12H10F2N2/c1-7-2-3-9(15)6-10(7)8-4-11(13)16-12(14)5-8/h2-6H,15H2,1H3. The second-order valence-electron chi connectivity index (χ2n) is 3.58. The Morgan fingerprint density at radius 2 is 1.69 bits per heavy atom. The zero-order valence-electron chi connectivity index (χ0n) is 8.67. The Balaban J connectivity index is 2.62. The normalized spacial score (nSPS) is 10.4. The van der Waals surface area contributed by atoms with Crippen LogP contribution in [0.15, 0.2) is 30.3 Å². The first-order valence-corrected chi connectivity index (χ1v) is 4.76. The summed E-state index contributed by atoms with van der Waals surface area (Å²) in [6.45, 7) is 1.85. The van der Waals surface area contributed by atoms with E-state index in [9.17, 15) is 8.78 Å². The van der Waals surface area contributed by atoms with Crippen LogP contribution in [-0.2, 0) is 0 Å². The Labute approximate surface area is 91.7 Å². The molecule has 0 saturated carbocycles. The molecule has 0 radical (unpaired) electrons. The van der Waals surface area contributed by atoms with Gasteiger partial charge in [-0.1, -0.05) is 6.07 Å². The molecule has 0 atom stereocenters. The van der Waals surface area contributed by atoms with Crippen LogP contribution in [0.1, 0.15) is 5.56 Å². The fraction of sp³-hybridized carbons (Fsp3) is 0.0833. The Bertz CT molecular complexity index is 518. The molecule has 1 heterocycles. The minimum Gasteiger partial charge on any atom is -0.399 e. The van der Waals surface area contributed by atoms with Gasteiger partial charge in [0.05, 0.1) is 0 Å². The van der Waals surface area contributed by atoms with E-state index in [-0.39, 0.29) is 0 Å². The lowest BCUT2D eigenvalue weighted by Gasteiger charge is -2.07. The fourth-order valence-corrected chi connectivity index (χ4v) is 1.57. The summed E-state index contributed by atoms with van der Waals surface area (Å²) in [5.74, 6) is -1.67. The monoisotopic (exact) mass is 220 g/mol. The molecule has 0 aliphatic carbocycles. The van der Waals surface area contributed by atoms with Gasteiger partial charge in [0.15, 0.2) is 0 Å². The van der Waals surface area contributed by atoms with Crippen LogP contribution >= 0.6 is 0 Å². The van der Waals surface area contributed by atoms with Gasteiger partial charge in [-0.2, -0.15) is 13.8 Å². The summed E-state index contributed by atoms with van der Waals surface area (Å²) in [5, 5.41) is 0. The average Bonchev–Trinajstić information content (AvgIpc) is 2.20. The second kappa shape index (κ2) is 3.89. The lowest BCUT2D eigenvalue weighted by atomic mass is 10.0. The van der Waals surface area contributed by atoms with Crippen molar-refractivity contribution in [2.45, 2.75) is 6.92 Å². The number of nitrogen functional groups attached to an aromatic ring is 1. The van der Waals surface area contributed by atoms with Crippen LogP contribution in [0.25, 0.3) is 11.1 Å². The summed E-state index contributed by atoms with van der Waals surface area (Å²) in [4.78, 5) is 3.05. The summed E-state index contributed by atoms with van der Waals surface area (Å²) in [6, 6.07) is 7.60. The Kier molecular flexibility index (Phi) is 2.56. The predicted molar refractivity (Wildman–Crippen MR) is 58.7 cm³/mol. The Morgan fingerprint density at radius 1 is 1.06 bits per heavy atom. The molecule has 1 aromatic carbocycles.